The van der Waals surface area contributed by atoms with Gasteiger partial charge in [0.25, 0.3) is 0 Å². The van der Waals surface area contributed by atoms with Gasteiger partial charge in [0.2, 0.25) is 0 Å². The minimum absolute atomic E-state index is 0.288. The third-order valence-electron chi connectivity index (χ3n) is 3.93. The summed E-state index contributed by atoms with van der Waals surface area (Å²) >= 11 is 0. The van der Waals surface area contributed by atoms with Crippen molar-refractivity contribution < 1.29 is 13.3 Å². The molecule has 0 aliphatic rings. The van der Waals surface area contributed by atoms with Gasteiger partial charge in [-0.05, 0) is 23.2 Å². The Bertz CT molecular complexity index is 571. The topological polar surface area (TPSA) is 27.7 Å². The Kier molecular flexibility index (Phi) is 8.55. The first kappa shape index (κ1) is 19.7. The highest BCUT2D eigenvalue weighted by Crippen LogP contribution is 2.33. The molecule has 0 aromatic heterocycles. The zero-order chi connectivity index (χ0) is 17.3. The average molecular weight is 380 g/mol. The van der Waals surface area contributed by atoms with Crippen LogP contribution in [0.3, 0.4) is 0 Å². The van der Waals surface area contributed by atoms with Gasteiger partial charge in [-0.2, -0.15) is 0 Å². The second kappa shape index (κ2) is 10.4. The van der Waals surface area contributed by atoms with E-state index in [1.807, 2.05) is 6.07 Å². The molecule has 2 aromatic carbocycles. The third kappa shape index (κ3) is 5.45. The van der Waals surface area contributed by atoms with Crippen molar-refractivity contribution in [2.24, 2.45) is 0 Å². The van der Waals surface area contributed by atoms with E-state index < -0.39 is 8.80 Å². The van der Waals surface area contributed by atoms with Gasteiger partial charge in [-0.1, -0.05) is 77.8 Å². The van der Waals surface area contributed by atoms with Gasteiger partial charge >= 0.3 is 8.80 Å². The summed E-state index contributed by atoms with van der Waals surface area (Å²) in [5, 5.41) is 3.02. The van der Waals surface area contributed by atoms with Crippen molar-refractivity contribution in [1.82, 2.24) is 0 Å². The molecule has 0 saturated heterocycles. The van der Waals surface area contributed by atoms with Gasteiger partial charge in [0.05, 0.1) is 5.28 Å². The maximum absolute atomic E-state index is 5.78. The van der Waals surface area contributed by atoms with Crippen LogP contribution in [0.4, 0.5) is 0 Å². The van der Waals surface area contributed by atoms with Crippen molar-refractivity contribution in [2.75, 3.05) is 27.5 Å². The molecule has 3 atom stereocenters. The summed E-state index contributed by atoms with van der Waals surface area (Å²) in [6.07, 6.45) is 2.17. The monoisotopic (exact) mass is 380 g/mol. The maximum atomic E-state index is 5.78. The van der Waals surface area contributed by atoms with Crippen LogP contribution in [0.25, 0.3) is 0 Å². The van der Waals surface area contributed by atoms with E-state index in [2.05, 4.69) is 54.6 Å². The Labute approximate surface area is 150 Å². The molecule has 0 N–H and O–H groups in total. The van der Waals surface area contributed by atoms with E-state index in [-0.39, 0.29) is 5.28 Å². The molecule has 130 valence electrons. The number of hydrogen-bond donors (Lipinski definition) is 0. The molecular weight excluding hydrogens is 354 g/mol. The van der Waals surface area contributed by atoms with E-state index >= 15 is 0 Å². The van der Waals surface area contributed by atoms with E-state index in [0.717, 1.165) is 21.2 Å². The zero-order valence-corrected chi connectivity index (χ0v) is 17.5. The van der Waals surface area contributed by atoms with E-state index in [1.54, 1.807) is 21.3 Å². The molecule has 24 heavy (non-hydrogen) atoms. The first-order valence-corrected chi connectivity index (χ1v) is 12.1. The molecule has 0 aliphatic heterocycles. The third-order valence-corrected chi connectivity index (χ3v) is 10.9. The van der Waals surface area contributed by atoms with Crippen molar-refractivity contribution in [3.8, 4) is 0 Å². The molecule has 0 heterocycles. The van der Waals surface area contributed by atoms with Crippen LogP contribution in [0, 0.1) is 0 Å². The molecule has 0 amide bonds. The van der Waals surface area contributed by atoms with Gasteiger partial charge in [0, 0.05) is 21.3 Å². The molecule has 0 saturated carbocycles. The quantitative estimate of drug-likeness (QED) is 0.468. The van der Waals surface area contributed by atoms with Crippen molar-refractivity contribution in [3.63, 3.8) is 0 Å². The largest absolute Gasteiger partial charge is 0.508 e. The number of benzene rings is 2. The summed E-state index contributed by atoms with van der Waals surface area (Å²) in [6, 6.07) is 21.2. The van der Waals surface area contributed by atoms with Crippen molar-refractivity contribution in [3.05, 3.63) is 60.7 Å². The first-order chi connectivity index (χ1) is 11.7. The molecule has 0 bridgehead atoms. The second-order valence-electron chi connectivity index (χ2n) is 5.36. The summed E-state index contributed by atoms with van der Waals surface area (Å²) in [6.45, 7) is 0. The lowest BCUT2D eigenvalue weighted by Gasteiger charge is -2.32. The zero-order valence-electron chi connectivity index (χ0n) is 14.5. The predicted molar refractivity (Wildman–Crippen MR) is 109 cm³/mol. The molecule has 0 spiro atoms. The SMILES string of the molecule is CO[Si](OC)(OC)C(CCPc1ccccc1)Pc1ccccc1. The van der Waals surface area contributed by atoms with Gasteiger partial charge < -0.3 is 13.3 Å². The predicted octanol–water partition coefficient (Wildman–Crippen LogP) is 3.17. The van der Waals surface area contributed by atoms with E-state index in [0.29, 0.717) is 8.58 Å². The van der Waals surface area contributed by atoms with Crippen LogP contribution in [-0.2, 0) is 13.3 Å². The lowest BCUT2D eigenvalue weighted by molar-refractivity contribution is 0.121. The van der Waals surface area contributed by atoms with Gasteiger partial charge in [0.1, 0.15) is 0 Å². The normalized spacial score (nSPS) is 14.0. The van der Waals surface area contributed by atoms with Crippen molar-refractivity contribution >= 4 is 36.6 Å². The highest BCUT2D eigenvalue weighted by Gasteiger charge is 2.46. The highest BCUT2D eigenvalue weighted by molar-refractivity contribution is 7.51. The van der Waals surface area contributed by atoms with E-state index in [4.69, 9.17) is 13.3 Å². The molecule has 0 radical (unpaired) electrons. The Hall–Kier alpha value is -0.603. The lowest BCUT2D eigenvalue weighted by Crippen LogP contribution is -2.53. The minimum Gasteiger partial charge on any atom is -0.376 e. The Morgan fingerprint density at radius 1 is 0.792 bits per heavy atom. The summed E-state index contributed by atoms with van der Waals surface area (Å²) in [5.74, 6) is 0. The molecule has 0 aliphatic carbocycles. The second-order valence-corrected chi connectivity index (χ2v) is 12.1. The average Bonchev–Trinajstić information content (AvgIpc) is 2.65. The molecular formula is C18H26O3P2Si. The Morgan fingerprint density at radius 3 is 1.79 bits per heavy atom. The van der Waals surface area contributed by atoms with Gasteiger partial charge in [0.15, 0.2) is 0 Å². The van der Waals surface area contributed by atoms with Crippen molar-refractivity contribution in [2.45, 2.75) is 11.7 Å². The molecule has 3 nitrogen and oxygen atoms in total. The maximum Gasteiger partial charge on any atom is 0.508 e. The fourth-order valence-electron chi connectivity index (χ4n) is 2.67. The van der Waals surface area contributed by atoms with E-state index in [9.17, 15) is 0 Å². The molecule has 3 unspecified atom stereocenters. The number of hydrogen-bond acceptors (Lipinski definition) is 3. The molecule has 2 rings (SSSR count). The Morgan fingerprint density at radius 2 is 1.29 bits per heavy atom. The van der Waals surface area contributed by atoms with Crippen LogP contribution >= 0.6 is 17.2 Å². The van der Waals surface area contributed by atoms with Crippen LogP contribution in [-0.4, -0.2) is 41.6 Å². The summed E-state index contributed by atoms with van der Waals surface area (Å²) in [4.78, 5) is 0. The van der Waals surface area contributed by atoms with Crippen LogP contribution in [0.15, 0.2) is 60.7 Å². The van der Waals surface area contributed by atoms with Crippen molar-refractivity contribution in [1.29, 1.82) is 0 Å². The Balaban J connectivity index is 2.07. The van der Waals surface area contributed by atoms with E-state index in [1.165, 1.54) is 10.6 Å². The fraction of sp³-hybridized carbons (Fsp3) is 0.333. The summed E-state index contributed by atoms with van der Waals surface area (Å²) < 4.78 is 17.3. The highest BCUT2D eigenvalue weighted by atomic mass is 31.1. The van der Waals surface area contributed by atoms with Crippen LogP contribution < -0.4 is 10.6 Å². The lowest BCUT2D eigenvalue weighted by atomic mass is 10.4. The summed E-state index contributed by atoms with van der Waals surface area (Å²) in [7, 11) is 3.90. The molecule has 6 heteroatoms. The molecule has 2 aromatic rings. The van der Waals surface area contributed by atoms with Gasteiger partial charge in [-0.15, -0.1) is 0 Å². The standard InChI is InChI=1S/C18H26O3P2Si/c1-19-24(20-2,21-3)18(23-17-12-8-5-9-13-17)14-15-22-16-10-6-4-7-11-16/h4-13,18,22-23H,14-15H2,1-3H3. The summed E-state index contributed by atoms with van der Waals surface area (Å²) in [5.41, 5.74) is 0. The van der Waals surface area contributed by atoms with Gasteiger partial charge in [-0.3, -0.25) is 0 Å². The minimum atomic E-state index is -2.65. The van der Waals surface area contributed by atoms with Crippen LogP contribution in [0.5, 0.6) is 0 Å². The molecule has 0 fully saturated rings. The van der Waals surface area contributed by atoms with Gasteiger partial charge in [-0.25, -0.2) is 0 Å². The van der Waals surface area contributed by atoms with Crippen LogP contribution in [0.1, 0.15) is 6.42 Å². The van der Waals surface area contributed by atoms with Crippen LogP contribution in [0.2, 0.25) is 0 Å². The smallest absolute Gasteiger partial charge is 0.376 e. The first-order valence-electron chi connectivity index (χ1n) is 8.00. The number of rotatable bonds is 10. The fourth-order valence-corrected chi connectivity index (χ4v) is 9.59.